The molecule has 0 saturated heterocycles. The first-order valence-electron chi connectivity index (χ1n) is 10.6. The summed E-state index contributed by atoms with van der Waals surface area (Å²) in [5.74, 6) is -0.0314. The summed E-state index contributed by atoms with van der Waals surface area (Å²) in [5, 5.41) is 12.7. The molecule has 0 aliphatic heterocycles. The van der Waals surface area contributed by atoms with Crippen molar-refractivity contribution in [2.45, 2.75) is 38.8 Å². The van der Waals surface area contributed by atoms with Crippen LogP contribution in [0, 0.1) is 5.82 Å². The molecular weight excluding hydrogens is 441 g/mol. The van der Waals surface area contributed by atoms with Crippen molar-refractivity contribution in [1.82, 2.24) is 25.1 Å². The monoisotopic (exact) mass is 469 g/mol. The molecule has 0 unspecified atom stereocenters. The lowest BCUT2D eigenvalue weighted by molar-refractivity contribution is -0.118. The maximum Gasteiger partial charge on any atom is 0.408 e. The van der Waals surface area contributed by atoms with Gasteiger partial charge in [-0.15, -0.1) is 0 Å². The number of benzene rings is 1. The molecule has 1 atom stereocenters. The number of nitrogens with one attached hydrogen (secondary N) is 3. The van der Waals surface area contributed by atoms with E-state index in [0.29, 0.717) is 28.7 Å². The third-order valence-corrected chi connectivity index (χ3v) is 4.63. The summed E-state index contributed by atoms with van der Waals surface area (Å²) < 4.78 is 20.1. The quantitative estimate of drug-likeness (QED) is 0.486. The van der Waals surface area contributed by atoms with Gasteiger partial charge in [-0.3, -0.25) is 9.48 Å². The number of rotatable bonds is 7. The fourth-order valence-electron chi connectivity index (χ4n) is 3.06. The number of carbonyl (C=O) groups is 2. The second kappa shape index (κ2) is 10.3. The Morgan fingerprint density at radius 1 is 1.15 bits per heavy atom. The predicted octanol–water partition coefficient (Wildman–Crippen LogP) is 3.13. The maximum absolute atomic E-state index is 13.3. The van der Waals surface area contributed by atoms with E-state index < -0.39 is 29.5 Å². The summed E-state index contributed by atoms with van der Waals surface area (Å²) in [6, 6.07) is 8.11. The summed E-state index contributed by atoms with van der Waals surface area (Å²) in [6.07, 6.45) is 0.999. The van der Waals surface area contributed by atoms with Crippen LogP contribution < -0.4 is 16.0 Å². The standard InChI is InChI=1S/C23H28FN7O3/c1-23(2,3)34-22(33)28-18(12-14-6-8-15(24)9-7-14)20(32)29-19-13-17(30-31(19)5)16-10-11-26-21(25-4)27-16/h6-11,13,18H,12H2,1-5H3,(H,28,33)(H,29,32)(H,25,26,27)/t18-/m0/s1. The van der Waals surface area contributed by atoms with Crippen LogP contribution in [0.3, 0.4) is 0 Å². The molecule has 11 heteroatoms. The Balaban J connectivity index is 1.80. The topological polar surface area (TPSA) is 123 Å². The van der Waals surface area contributed by atoms with Gasteiger partial charge in [0.05, 0.1) is 5.69 Å². The van der Waals surface area contributed by atoms with Crippen molar-refractivity contribution < 1.29 is 18.7 Å². The molecule has 0 radical (unpaired) electrons. The zero-order chi connectivity index (χ0) is 24.9. The van der Waals surface area contributed by atoms with Gasteiger partial charge in [0.2, 0.25) is 11.9 Å². The Morgan fingerprint density at radius 2 is 1.85 bits per heavy atom. The maximum atomic E-state index is 13.3. The van der Waals surface area contributed by atoms with Gasteiger partial charge < -0.3 is 20.7 Å². The minimum absolute atomic E-state index is 0.132. The first-order chi connectivity index (χ1) is 16.0. The number of hydrogen-bond donors (Lipinski definition) is 3. The van der Waals surface area contributed by atoms with Crippen molar-refractivity contribution in [2.75, 3.05) is 17.7 Å². The lowest BCUT2D eigenvalue weighted by Crippen LogP contribution is -2.47. The van der Waals surface area contributed by atoms with Crippen molar-refractivity contribution in [3.05, 3.63) is 54.0 Å². The number of halogens is 1. The molecule has 0 aliphatic rings. The molecule has 1 aromatic carbocycles. The first kappa shape index (κ1) is 24.6. The number of anilines is 2. The van der Waals surface area contributed by atoms with Crippen LogP contribution in [0.15, 0.2) is 42.6 Å². The highest BCUT2D eigenvalue weighted by atomic mass is 19.1. The molecule has 3 aromatic rings. The van der Waals surface area contributed by atoms with Crippen molar-refractivity contribution in [3.8, 4) is 11.4 Å². The van der Waals surface area contributed by atoms with Gasteiger partial charge in [0, 0.05) is 32.8 Å². The fraction of sp³-hybridized carbons (Fsp3) is 0.348. The zero-order valence-corrected chi connectivity index (χ0v) is 19.7. The molecule has 34 heavy (non-hydrogen) atoms. The van der Waals surface area contributed by atoms with Gasteiger partial charge in [-0.1, -0.05) is 12.1 Å². The largest absolute Gasteiger partial charge is 0.444 e. The SMILES string of the molecule is CNc1nccc(-c2cc(NC(=O)[C@H](Cc3ccc(F)cc3)NC(=O)OC(C)(C)C)n(C)n2)n1. The van der Waals surface area contributed by atoms with Crippen molar-refractivity contribution in [3.63, 3.8) is 0 Å². The first-order valence-corrected chi connectivity index (χ1v) is 10.6. The molecular formula is C23H28FN7O3. The van der Waals surface area contributed by atoms with Crippen LogP contribution in [-0.2, 0) is 23.0 Å². The summed E-state index contributed by atoms with van der Waals surface area (Å²) in [4.78, 5) is 34.0. The molecule has 0 aliphatic carbocycles. The Hall–Kier alpha value is -4.02. The lowest BCUT2D eigenvalue weighted by Gasteiger charge is -2.23. The van der Waals surface area contributed by atoms with E-state index >= 15 is 0 Å². The van der Waals surface area contributed by atoms with E-state index in [1.165, 1.54) is 16.8 Å². The number of alkyl carbamates (subject to hydrolysis) is 1. The van der Waals surface area contributed by atoms with E-state index in [1.54, 1.807) is 65.3 Å². The molecule has 180 valence electrons. The van der Waals surface area contributed by atoms with Gasteiger partial charge >= 0.3 is 6.09 Å². The van der Waals surface area contributed by atoms with Gasteiger partial charge in [-0.25, -0.2) is 19.2 Å². The van der Waals surface area contributed by atoms with Gasteiger partial charge in [0.1, 0.15) is 29.0 Å². The molecule has 3 rings (SSSR count). The Morgan fingerprint density at radius 3 is 2.50 bits per heavy atom. The highest BCUT2D eigenvalue weighted by Crippen LogP contribution is 2.20. The summed E-state index contributed by atoms with van der Waals surface area (Å²) in [5.41, 5.74) is 1.04. The van der Waals surface area contributed by atoms with E-state index in [2.05, 4.69) is 31.0 Å². The number of aryl methyl sites for hydroxylation is 1. The highest BCUT2D eigenvalue weighted by molar-refractivity contribution is 5.96. The van der Waals surface area contributed by atoms with Gasteiger partial charge in [0.15, 0.2) is 0 Å². The van der Waals surface area contributed by atoms with E-state index in [-0.39, 0.29) is 6.42 Å². The number of nitrogens with zero attached hydrogens (tertiary/aromatic N) is 4. The zero-order valence-electron chi connectivity index (χ0n) is 19.7. The Kier molecular flexibility index (Phi) is 7.44. The minimum atomic E-state index is -0.978. The van der Waals surface area contributed by atoms with Crippen LogP contribution in [0.2, 0.25) is 0 Å². The minimum Gasteiger partial charge on any atom is -0.444 e. The predicted molar refractivity (Wildman–Crippen MR) is 126 cm³/mol. The van der Waals surface area contributed by atoms with Crippen LogP contribution in [0.1, 0.15) is 26.3 Å². The average molecular weight is 470 g/mol. The Labute approximate surface area is 196 Å². The average Bonchev–Trinajstić information content (AvgIpc) is 3.13. The molecule has 2 aromatic heterocycles. The normalized spacial score (nSPS) is 12.1. The fourth-order valence-corrected chi connectivity index (χ4v) is 3.06. The van der Waals surface area contributed by atoms with E-state index in [0.717, 1.165) is 0 Å². The van der Waals surface area contributed by atoms with Gasteiger partial charge in [0.25, 0.3) is 0 Å². The smallest absolute Gasteiger partial charge is 0.408 e. The lowest BCUT2D eigenvalue weighted by atomic mass is 10.1. The van der Waals surface area contributed by atoms with E-state index in [1.807, 2.05) is 0 Å². The summed E-state index contributed by atoms with van der Waals surface area (Å²) in [7, 11) is 3.39. The molecule has 0 spiro atoms. The molecule has 10 nitrogen and oxygen atoms in total. The van der Waals surface area contributed by atoms with Gasteiger partial charge in [-0.2, -0.15) is 5.10 Å². The van der Waals surface area contributed by atoms with Crippen LogP contribution >= 0.6 is 0 Å². The van der Waals surface area contributed by atoms with Crippen LogP contribution in [0.4, 0.5) is 21.0 Å². The molecule has 3 N–H and O–H groups in total. The number of hydrogen-bond acceptors (Lipinski definition) is 7. The van der Waals surface area contributed by atoms with Crippen molar-refractivity contribution in [2.24, 2.45) is 7.05 Å². The molecule has 0 fully saturated rings. The van der Waals surface area contributed by atoms with Crippen LogP contribution in [0.25, 0.3) is 11.4 Å². The van der Waals surface area contributed by atoms with E-state index in [4.69, 9.17) is 4.74 Å². The third-order valence-electron chi connectivity index (χ3n) is 4.63. The van der Waals surface area contributed by atoms with Crippen molar-refractivity contribution >= 4 is 23.8 Å². The molecule has 0 saturated carbocycles. The molecule has 0 bridgehead atoms. The Bertz CT molecular complexity index is 1160. The summed E-state index contributed by atoms with van der Waals surface area (Å²) in [6.45, 7) is 5.18. The van der Waals surface area contributed by atoms with E-state index in [9.17, 15) is 14.0 Å². The number of ether oxygens (including phenoxy) is 1. The van der Waals surface area contributed by atoms with Gasteiger partial charge in [-0.05, 0) is 44.5 Å². The second-order valence-electron chi connectivity index (χ2n) is 8.57. The van der Waals surface area contributed by atoms with Crippen LogP contribution in [-0.4, -0.2) is 50.4 Å². The highest BCUT2D eigenvalue weighted by Gasteiger charge is 2.26. The number of aromatic nitrogens is 4. The molecule has 2 amide bonds. The summed E-state index contributed by atoms with van der Waals surface area (Å²) >= 11 is 0. The number of amides is 2. The molecule has 2 heterocycles. The third kappa shape index (κ3) is 6.74. The van der Waals surface area contributed by atoms with Crippen LogP contribution in [0.5, 0.6) is 0 Å². The second-order valence-corrected chi connectivity index (χ2v) is 8.57. The van der Waals surface area contributed by atoms with Crippen molar-refractivity contribution in [1.29, 1.82) is 0 Å². The number of carbonyl (C=O) groups excluding carboxylic acids is 2.